The maximum Gasteiger partial charge on any atom is 0.316 e. The molecule has 0 aliphatic carbocycles. The number of carbonyl (C=O) groups is 1. The van der Waals surface area contributed by atoms with Crippen molar-refractivity contribution in [2.45, 2.75) is 26.2 Å². The SMILES string of the molecule is CCOc1ncc(CCC(=O)NCCCN)cn1. The molecule has 0 unspecified atom stereocenters. The first-order chi connectivity index (χ1) is 8.76. The van der Waals surface area contributed by atoms with Gasteiger partial charge in [0.2, 0.25) is 5.91 Å². The molecule has 18 heavy (non-hydrogen) atoms. The van der Waals surface area contributed by atoms with Crippen molar-refractivity contribution in [1.29, 1.82) is 0 Å². The van der Waals surface area contributed by atoms with Crippen molar-refractivity contribution in [1.82, 2.24) is 15.3 Å². The van der Waals surface area contributed by atoms with Crippen LogP contribution in [0.4, 0.5) is 0 Å². The van der Waals surface area contributed by atoms with Gasteiger partial charge in [0.15, 0.2) is 0 Å². The van der Waals surface area contributed by atoms with Gasteiger partial charge >= 0.3 is 6.01 Å². The van der Waals surface area contributed by atoms with E-state index < -0.39 is 0 Å². The molecule has 3 N–H and O–H groups in total. The molecule has 1 amide bonds. The second kappa shape index (κ2) is 8.41. The maximum absolute atomic E-state index is 11.4. The largest absolute Gasteiger partial charge is 0.464 e. The Morgan fingerprint density at radius 2 is 2.17 bits per heavy atom. The fourth-order valence-electron chi connectivity index (χ4n) is 1.35. The van der Waals surface area contributed by atoms with Gasteiger partial charge < -0.3 is 15.8 Å². The highest BCUT2D eigenvalue weighted by Crippen LogP contribution is 2.04. The molecule has 6 heteroatoms. The highest BCUT2D eigenvalue weighted by Gasteiger charge is 2.03. The molecule has 0 aromatic carbocycles. The van der Waals surface area contributed by atoms with Gasteiger partial charge in [-0.05, 0) is 31.9 Å². The van der Waals surface area contributed by atoms with E-state index >= 15 is 0 Å². The standard InChI is InChI=1S/C12H20N4O2/c1-2-18-12-15-8-10(9-16-12)4-5-11(17)14-7-3-6-13/h8-9H,2-7,13H2,1H3,(H,14,17). The van der Waals surface area contributed by atoms with E-state index in [4.69, 9.17) is 10.5 Å². The molecule has 1 heterocycles. The second-order valence-electron chi connectivity index (χ2n) is 3.80. The van der Waals surface area contributed by atoms with Gasteiger partial charge in [0.1, 0.15) is 0 Å². The monoisotopic (exact) mass is 252 g/mol. The summed E-state index contributed by atoms with van der Waals surface area (Å²) in [5, 5.41) is 2.80. The van der Waals surface area contributed by atoms with Gasteiger partial charge in [0, 0.05) is 25.4 Å². The zero-order chi connectivity index (χ0) is 13.2. The predicted octanol–water partition coefficient (Wildman–Crippen LogP) is 0.273. The first-order valence-corrected chi connectivity index (χ1v) is 6.16. The summed E-state index contributed by atoms with van der Waals surface area (Å²) < 4.78 is 5.14. The van der Waals surface area contributed by atoms with Crippen LogP contribution in [0.2, 0.25) is 0 Å². The van der Waals surface area contributed by atoms with E-state index in [1.165, 1.54) is 0 Å². The van der Waals surface area contributed by atoms with Crippen LogP contribution in [0.1, 0.15) is 25.3 Å². The van der Waals surface area contributed by atoms with E-state index in [0.29, 0.717) is 38.5 Å². The molecule has 1 aromatic rings. The van der Waals surface area contributed by atoms with Crippen LogP contribution in [-0.2, 0) is 11.2 Å². The van der Waals surface area contributed by atoms with Crippen molar-refractivity contribution < 1.29 is 9.53 Å². The van der Waals surface area contributed by atoms with Gasteiger partial charge in [0.25, 0.3) is 0 Å². The van der Waals surface area contributed by atoms with Crippen molar-refractivity contribution in [2.24, 2.45) is 5.73 Å². The van der Waals surface area contributed by atoms with E-state index in [2.05, 4.69) is 15.3 Å². The Labute approximate surface area is 107 Å². The topological polar surface area (TPSA) is 90.1 Å². The van der Waals surface area contributed by atoms with Crippen molar-refractivity contribution in [3.8, 4) is 6.01 Å². The number of carbonyl (C=O) groups excluding carboxylic acids is 1. The quantitative estimate of drug-likeness (QED) is 0.648. The predicted molar refractivity (Wildman–Crippen MR) is 68.2 cm³/mol. The Kier molecular flexibility index (Phi) is 6.71. The molecule has 0 bridgehead atoms. The minimum Gasteiger partial charge on any atom is -0.464 e. The van der Waals surface area contributed by atoms with Crippen molar-refractivity contribution in [2.75, 3.05) is 19.7 Å². The Hall–Kier alpha value is -1.69. The number of hydrogen-bond acceptors (Lipinski definition) is 5. The third-order valence-corrected chi connectivity index (χ3v) is 2.30. The lowest BCUT2D eigenvalue weighted by Gasteiger charge is -2.04. The van der Waals surface area contributed by atoms with E-state index in [1.807, 2.05) is 6.92 Å². The zero-order valence-corrected chi connectivity index (χ0v) is 10.7. The van der Waals surface area contributed by atoms with Crippen LogP contribution in [0, 0.1) is 0 Å². The van der Waals surface area contributed by atoms with Gasteiger partial charge in [-0.15, -0.1) is 0 Å². The lowest BCUT2D eigenvalue weighted by Crippen LogP contribution is -2.26. The van der Waals surface area contributed by atoms with Crippen LogP contribution in [0.15, 0.2) is 12.4 Å². The first kappa shape index (κ1) is 14.4. The van der Waals surface area contributed by atoms with Crippen LogP contribution in [0.3, 0.4) is 0 Å². The van der Waals surface area contributed by atoms with Gasteiger partial charge in [-0.1, -0.05) is 0 Å². The molecule has 0 radical (unpaired) electrons. The Morgan fingerprint density at radius 3 is 2.78 bits per heavy atom. The van der Waals surface area contributed by atoms with Gasteiger partial charge in [-0.25, -0.2) is 9.97 Å². The van der Waals surface area contributed by atoms with E-state index in [1.54, 1.807) is 12.4 Å². The molecule has 0 atom stereocenters. The maximum atomic E-state index is 11.4. The Morgan fingerprint density at radius 1 is 1.44 bits per heavy atom. The van der Waals surface area contributed by atoms with Gasteiger partial charge in [-0.2, -0.15) is 0 Å². The van der Waals surface area contributed by atoms with E-state index in [0.717, 1.165) is 12.0 Å². The molecule has 100 valence electrons. The summed E-state index contributed by atoms with van der Waals surface area (Å²) in [7, 11) is 0. The molecular formula is C12H20N4O2. The average Bonchev–Trinajstić information content (AvgIpc) is 2.39. The molecular weight excluding hydrogens is 232 g/mol. The molecule has 0 fully saturated rings. The fraction of sp³-hybridized carbons (Fsp3) is 0.583. The number of nitrogens with zero attached hydrogens (tertiary/aromatic N) is 2. The highest BCUT2D eigenvalue weighted by atomic mass is 16.5. The third kappa shape index (κ3) is 5.58. The lowest BCUT2D eigenvalue weighted by molar-refractivity contribution is -0.121. The Balaban J connectivity index is 2.27. The smallest absolute Gasteiger partial charge is 0.316 e. The molecule has 6 nitrogen and oxygen atoms in total. The summed E-state index contributed by atoms with van der Waals surface area (Å²) >= 11 is 0. The summed E-state index contributed by atoms with van der Waals surface area (Å²) in [5.74, 6) is 0.0253. The number of amides is 1. The molecule has 0 aliphatic rings. The average molecular weight is 252 g/mol. The summed E-state index contributed by atoms with van der Waals surface area (Å²) in [4.78, 5) is 19.5. The minimum atomic E-state index is 0.0253. The van der Waals surface area contributed by atoms with Crippen molar-refractivity contribution >= 4 is 5.91 Å². The number of rotatable bonds is 8. The van der Waals surface area contributed by atoms with E-state index in [9.17, 15) is 4.79 Å². The summed E-state index contributed by atoms with van der Waals surface area (Å²) in [5.41, 5.74) is 6.26. The number of aryl methyl sites for hydroxylation is 1. The number of aromatic nitrogens is 2. The van der Waals surface area contributed by atoms with Crippen molar-refractivity contribution in [3.63, 3.8) is 0 Å². The molecule has 0 spiro atoms. The number of nitrogens with one attached hydrogen (secondary N) is 1. The first-order valence-electron chi connectivity index (χ1n) is 6.16. The van der Waals surface area contributed by atoms with Crippen molar-refractivity contribution in [3.05, 3.63) is 18.0 Å². The Bertz CT molecular complexity index is 354. The second-order valence-corrected chi connectivity index (χ2v) is 3.80. The summed E-state index contributed by atoms with van der Waals surface area (Å²) in [6, 6.07) is 0.369. The summed E-state index contributed by atoms with van der Waals surface area (Å²) in [6.45, 7) is 3.65. The van der Waals surface area contributed by atoms with Gasteiger partial charge in [-0.3, -0.25) is 4.79 Å². The third-order valence-electron chi connectivity index (χ3n) is 2.30. The van der Waals surface area contributed by atoms with Gasteiger partial charge in [0.05, 0.1) is 6.61 Å². The van der Waals surface area contributed by atoms with E-state index in [-0.39, 0.29) is 5.91 Å². The van der Waals surface area contributed by atoms with Crippen LogP contribution in [0.5, 0.6) is 6.01 Å². The molecule has 0 saturated carbocycles. The van der Waals surface area contributed by atoms with Crippen LogP contribution < -0.4 is 15.8 Å². The summed E-state index contributed by atoms with van der Waals surface area (Å²) in [6.07, 6.45) is 5.23. The highest BCUT2D eigenvalue weighted by molar-refractivity contribution is 5.76. The van der Waals surface area contributed by atoms with Crippen LogP contribution in [0.25, 0.3) is 0 Å². The zero-order valence-electron chi connectivity index (χ0n) is 10.7. The lowest BCUT2D eigenvalue weighted by atomic mass is 10.2. The normalized spacial score (nSPS) is 10.1. The molecule has 0 aliphatic heterocycles. The number of ether oxygens (including phenoxy) is 1. The fourth-order valence-corrected chi connectivity index (χ4v) is 1.35. The molecule has 1 rings (SSSR count). The number of hydrogen-bond donors (Lipinski definition) is 2. The van der Waals surface area contributed by atoms with Crippen LogP contribution in [-0.4, -0.2) is 35.6 Å². The molecule has 1 aromatic heterocycles. The molecule has 0 saturated heterocycles. The number of nitrogens with two attached hydrogens (primary N) is 1. The minimum absolute atomic E-state index is 0.0253. The van der Waals surface area contributed by atoms with Crippen LogP contribution >= 0.6 is 0 Å².